The summed E-state index contributed by atoms with van der Waals surface area (Å²) in [5.74, 6) is -0.0560. The molecule has 9 nitrogen and oxygen atoms in total. The van der Waals surface area contributed by atoms with Gasteiger partial charge in [-0.15, -0.1) is 0 Å². The second kappa shape index (κ2) is 11.7. The minimum Gasteiger partial charge on any atom is -0.379 e. The molecule has 0 atom stereocenters. The van der Waals surface area contributed by atoms with Gasteiger partial charge in [0.2, 0.25) is 15.9 Å². The summed E-state index contributed by atoms with van der Waals surface area (Å²) in [5, 5.41) is 0.967. The van der Waals surface area contributed by atoms with Gasteiger partial charge in [-0.3, -0.25) is 9.59 Å². The van der Waals surface area contributed by atoms with Crippen LogP contribution in [0, 0.1) is 0 Å². The number of piperidine rings is 1. The fourth-order valence-electron chi connectivity index (χ4n) is 6.42. The number of carbonyl (C=O) groups excluding carboxylic acids is 2. The van der Waals surface area contributed by atoms with Crippen LogP contribution < -0.4 is 4.90 Å². The van der Waals surface area contributed by atoms with Crippen molar-refractivity contribution < 1.29 is 22.7 Å². The highest BCUT2D eigenvalue weighted by molar-refractivity contribution is 7.89. The highest BCUT2D eigenvalue weighted by Gasteiger charge is 2.34. The third-order valence-corrected chi connectivity index (χ3v) is 10.6. The molecule has 0 unspecified atom stereocenters. The highest BCUT2D eigenvalue weighted by atomic mass is 32.2. The van der Waals surface area contributed by atoms with E-state index >= 15 is 0 Å². The van der Waals surface area contributed by atoms with Crippen LogP contribution in [0.15, 0.2) is 47.5 Å². The minimum atomic E-state index is -3.74. The predicted molar refractivity (Wildman–Crippen MR) is 164 cm³/mol. The van der Waals surface area contributed by atoms with Crippen molar-refractivity contribution >= 4 is 50.1 Å². The molecule has 2 aromatic carbocycles. The van der Waals surface area contributed by atoms with Crippen LogP contribution in [0.1, 0.15) is 49.8 Å². The van der Waals surface area contributed by atoms with Crippen LogP contribution in [0.2, 0.25) is 0 Å². The van der Waals surface area contributed by atoms with Crippen LogP contribution >= 0.6 is 0 Å². The number of rotatable bonds is 7. The molecule has 0 spiro atoms. The number of para-hydroxylation sites is 1. The molecule has 6 rings (SSSR count). The number of likely N-dealkylation sites (tertiary alicyclic amines) is 1. The molecule has 1 aromatic heterocycles. The number of hydrogen-bond donors (Lipinski definition) is 0. The zero-order chi connectivity index (χ0) is 29.4. The first kappa shape index (κ1) is 28.6. The molecular weight excluding hydrogens is 552 g/mol. The van der Waals surface area contributed by atoms with Gasteiger partial charge < -0.3 is 19.1 Å². The summed E-state index contributed by atoms with van der Waals surface area (Å²) in [7, 11) is -3.74. The largest absolute Gasteiger partial charge is 0.379 e. The van der Waals surface area contributed by atoms with Crippen molar-refractivity contribution in [1.82, 2.24) is 13.8 Å². The predicted octanol–water partition coefficient (Wildman–Crippen LogP) is 4.14. The SMILES string of the molecule is CCc1cccc2c(C=C3C(=O)N(CC)c4ccc(S(=O)(=O)N5CCOCC5)cc43)cn(CC(=O)N3CCCCC3)c12. The van der Waals surface area contributed by atoms with Crippen LogP contribution in [0.3, 0.4) is 0 Å². The van der Waals surface area contributed by atoms with Crippen molar-refractivity contribution in [3.63, 3.8) is 0 Å². The van der Waals surface area contributed by atoms with Gasteiger partial charge in [0.25, 0.3) is 5.91 Å². The number of aromatic nitrogens is 1. The molecule has 3 aliphatic heterocycles. The van der Waals surface area contributed by atoms with Gasteiger partial charge >= 0.3 is 0 Å². The van der Waals surface area contributed by atoms with E-state index in [9.17, 15) is 18.0 Å². The first-order chi connectivity index (χ1) is 20.3. The van der Waals surface area contributed by atoms with E-state index in [1.807, 2.05) is 40.8 Å². The average molecular weight is 591 g/mol. The smallest absolute Gasteiger partial charge is 0.258 e. The molecule has 10 heteroatoms. The van der Waals surface area contributed by atoms with Gasteiger partial charge in [-0.1, -0.05) is 25.1 Å². The fraction of sp³-hybridized carbons (Fsp3) is 0.438. The lowest BCUT2D eigenvalue weighted by atomic mass is 10.0. The lowest BCUT2D eigenvalue weighted by Gasteiger charge is -2.27. The first-order valence-electron chi connectivity index (χ1n) is 15.0. The molecule has 222 valence electrons. The molecule has 0 N–H and O–H groups in total. The molecule has 3 aliphatic rings. The Kier molecular flexibility index (Phi) is 7.95. The second-order valence-electron chi connectivity index (χ2n) is 11.1. The Balaban J connectivity index is 1.44. The molecular formula is C32H38N4O5S. The summed E-state index contributed by atoms with van der Waals surface area (Å²) in [4.78, 5) is 30.8. The van der Waals surface area contributed by atoms with Crippen molar-refractivity contribution in [2.24, 2.45) is 0 Å². The van der Waals surface area contributed by atoms with Gasteiger partial charge in [0.05, 0.1) is 29.3 Å². The Morgan fingerprint density at radius 2 is 1.76 bits per heavy atom. The number of nitrogens with zero attached hydrogens (tertiary/aromatic N) is 4. The Hall–Kier alpha value is -3.47. The van der Waals surface area contributed by atoms with Crippen LogP contribution in [0.5, 0.6) is 0 Å². The van der Waals surface area contributed by atoms with Crippen LogP contribution in [0.4, 0.5) is 5.69 Å². The third kappa shape index (κ3) is 5.05. The van der Waals surface area contributed by atoms with Crippen molar-refractivity contribution in [2.75, 3.05) is 50.8 Å². The number of amides is 2. The Labute approximate surface area is 247 Å². The van der Waals surface area contributed by atoms with E-state index in [2.05, 4.69) is 13.0 Å². The van der Waals surface area contributed by atoms with Gasteiger partial charge in [-0.2, -0.15) is 4.31 Å². The summed E-state index contributed by atoms with van der Waals surface area (Å²) < 4.78 is 35.8. The van der Waals surface area contributed by atoms with E-state index in [0.717, 1.165) is 60.8 Å². The van der Waals surface area contributed by atoms with Crippen molar-refractivity contribution in [3.05, 3.63) is 59.3 Å². The third-order valence-electron chi connectivity index (χ3n) is 8.66. The molecule has 0 saturated carbocycles. The molecule has 2 saturated heterocycles. The van der Waals surface area contributed by atoms with Gasteiger partial charge in [0.15, 0.2) is 0 Å². The molecule has 0 radical (unpaired) electrons. The lowest BCUT2D eigenvalue weighted by molar-refractivity contribution is -0.132. The number of anilines is 1. The second-order valence-corrected chi connectivity index (χ2v) is 13.1. The zero-order valence-electron chi connectivity index (χ0n) is 24.3. The fourth-order valence-corrected chi connectivity index (χ4v) is 7.86. The van der Waals surface area contributed by atoms with E-state index in [4.69, 9.17) is 4.74 Å². The Morgan fingerprint density at radius 1 is 1.00 bits per heavy atom. The number of ether oxygens (including phenoxy) is 1. The van der Waals surface area contributed by atoms with Gasteiger partial charge in [-0.05, 0) is 62.4 Å². The quantitative estimate of drug-likeness (QED) is 0.386. The van der Waals surface area contributed by atoms with E-state index < -0.39 is 10.0 Å². The van der Waals surface area contributed by atoms with Gasteiger partial charge in [-0.25, -0.2) is 8.42 Å². The molecule has 2 amide bonds. The van der Waals surface area contributed by atoms with E-state index in [1.165, 1.54) is 4.31 Å². The standard InChI is InChI=1S/C32H38N4O5S/c1-3-23-9-8-10-26-24(21-34(31(23)26)22-30(37)33-13-6-5-7-14-33)19-28-27-20-25(11-12-29(27)36(4-2)32(28)38)42(39,40)35-15-17-41-18-16-35/h8-12,19-21H,3-7,13-18,22H2,1-2H3. The monoisotopic (exact) mass is 590 g/mol. The normalized spacial score (nSPS) is 19.2. The number of sulfonamides is 1. The highest BCUT2D eigenvalue weighted by Crippen LogP contribution is 2.40. The number of hydrogen-bond acceptors (Lipinski definition) is 5. The van der Waals surface area contributed by atoms with Crippen LogP contribution in [-0.4, -0.2) is 79.9 Å². The van der Waals surface area contributed by atoms with Crippen molar-refractivity contribution in [3.8, 4) is 0 Å². The van der Waals surface area contributed by atoms with E-state index in [1.54, 1.807) is 23.1 Å². The topological polar surface area (TPSA) is 92.2 Å². The lowest BCUT2D eigenvalue weighted by Crippen LogP contribution is -2.40. The molecule has 42 heavy (non-hydrogen) atoms. The number of likely N-dealkylation sites (N-methyl/N-ethyl adjacent to an activating group) is 1. The van der Waals surface area contributed by atoms with Crippen molar-refractivity contribution in [2.45, 2.75) is 51.0 Å². The summed E-state index contributed by atoms with van der Waals surface area (Å²) in [5.41, 5.74) is 4.73. The average Bonchev–Trinajstić information content (AvgIpc) is 3.51. The Morgan fingerprint density at radius 3 is 2.48 bits per heavy atom. The summed E-state index contributed by atoms with van der Waals surface area (Å²) in [6.07, 6.45) is 7.88. The number of benzene rings is 2. The van der Waals surface area contributed by atoms with Crippen LogP contribution in [0.25, 0.3) is 22.6 Å². The minimum absolute atomic E-state index is 0.106. The maximum absolute atomic E-state index is 13.7. The number of carbonyl (C=O) groups is 2. The number of aryl methyl sites for hydroxylation is 1. The summed E-state index contributed by atoms with van der Waals surface area (Å²) in [6.45, 7) is 7.64. The van der Waals surface area contributed by atoms with E-state index in [0.29, 0.717) is 49.7 Å². The molecule has 3 aromatic rings. The maximum atomic E-state index is 13.7. The van der Waals surface area contributed by atoms with Gasteiger partial charge in [0.1, 0.15) is 6.54 Å². The first-order valence-corrected chi connectivity index (χ1v) is 16.4. The summed E-state index contributed by atoms with van der Waals surface area (Å²) in [6, 6.07) is 11.1. The van der Waals surface area contributed by atoms with Crippen LogP contribution in [-0.2, 0) is 37.3 Å². The number of fused-ring (bicyclic) bond motifs is 2. The van der Waals surface area contributed by atoms with Crippen molar-refractivity contribution in [1.29, 1.82) is 0 Å². The molecule has 0 bridgehead atoms. The Bertz CT molecular complexity index is 1660. The molecule has 2 fully saturated rings. The summed E-state index contributed by atoms with van der Waals surface area (Å²) >= 11 is 0. The molecule has 0 aliphatic carbocycles. The van der Waals surface area contributed by atoms with Gasteiger partial charge in [0, 0.05) is 61.0 Å². The van der Waals surface area contributed by atoms with E-state index in [-0.39, 0.29) is 23.3 Å². The zero-order valence-corrected chi connectivity index (χ0v) is 25.2. The molecule has 4 heterocycles. The maximum Gasteiger partial charge on any atom is 0.258 e. The number of morpholine rings is 1.